The zero-order valence-corrected chi connectivity index (χ0v) is 10.0. The Bertz CT molecular complexity index is 371. The first-order valence-electron chi connectivity index (χ1n) is 5.07. The van der Waals surface area contributed by atoms with Crippen LogP contribution in [0.4, 0.5) is 0 Å². The van der Waals surface area contributed by atoms with Crippen molar-refractivity contribution in [3.05, 3.63) is 18.2 Å². The molecule has 1 rings (SSSR count). The van der Waals surface area contributed by atoms with Gasteiger partial charge < -0.3 is 0 Å². The van der Waals surface area contributed by atoms with E-state index in [-0.39, 0.29) is 0 Å². The van der Waals surface area contributed by atoms with Gasteiger partial charge in [0.25, 0.3) is 0 Å². The third kappa shape index (κ3) is 2.52. The molecule has 0 aliphatic rings. The molecule has 0 unspecified atom stereocenters. The summed E-state index contributed by atoms with van der Waals surface area (Å²) in [5.41, 5.74) is 3.37. The fraction of sp³-hybridized carbons (Fsp3) is 0.545. The van der Waals surface area contributed by atoms with Crippen molar-refractivity contribution in [2.24, 2.45) is 10.9 Å². The molecule has 1 heterocycles. The molecule has 82 valence electrons. The second-order valence-corrected chi connectivity index (χ2v) is 3.80. The van der Waals surface area contributed by atoms with Gasteiger partial charge >= 0.3 is 0 Å². The largest absolute Gasteiger partial charge is 0.293 e. The lowest BCUT2D eigenvalue weighted by Crippen LogP contribution is -2.10. The minimum absolute atomic E-state index is 0.429. The second kappa shape index (κ2) is 4.87. The summed E-state index contributed by atoms with van der Waals surface area (Å²) in [6, 6.07) is 0. The highest BCUT2D eigenvalue weighted by Crippen LogP contribution is 2.19. The van der Waals surface area contributed by atoms with E-state index >= 15 is 0 Å². The highest BCUT2D eigenvalue weighted by Gasteiger charge is 2.12. The van der Waals surface area contributed by atoms with Crippen LogP contribution in [0, 0.1) is 5.92 Å². The molecule has 0 N–H and O–H groups in total. The van der Waals surface area contributed by atoms with E-state index in [1.54, 1.807) is 17.3 Å². The van der Waals surface area contributed by atoms with Gasteiger partial charge in [0.2, 0.25) is 0 Å². The molecule has 0 saturated carbocycles. The van der Waals surface area contributed by atoms with E-state index in [1.807, 2.05) is 20.9 Å². The lowest BCUT2D eigenvalue weighted by molar-refractivity contribution is 0.779. The van der Waals surface area contributed by atoms with E-state index in [1.165, 1.54) is 5.57 Å². The van der Waals surface area contributed by atoms with Crippen molar-refractivity contribution >= 4 is 11.4 Å². The van der Waals surface area contributed by atoms with Crippen LogP contribution in [0.3, 0.4) is 0 Å². The summed E-state index contributed by atoms with van der Waals surface area (Å²) in [6.07, 6.45) is 3.25. The van der Waals surface area contributed by atoms with Gasteiger partial charge in [-0.25, -0.2) is 9.67 Å². The molecule has 0 bridgehead atoms. The van der Waals surface area contributed by atoms with Crippen molar-refractivity contribution in [2.45, 2.75) is 27.7 Å². The predicted molar refractivity (Wildman–Crippen MR) is 62.8 cm³/mol. The van der Waals surface area contributed by atoms with Crippen LogP contribution >= 0.6 is 0 Å². The first kappa shape index (κ1) is 11.6. The first-order valence-corrected chi connectivity index (χ1v) is 5.07. The highest BCUT2D eigenvalue weighted by molar-refractivity contribution is 6.02. The third-order valence-electron chi connectivity index (χ3n) is 2.45. The Labute approximate surface area is 90.7 Å². The van der Waals surface area contributed by atoms with Crippen LogP contribution in [-0.4, -0.2) is 27.5 Å². The molecule has 0 aliphatic heterocycles. The van der Waals surface area contributed by atoms with Crippen molar-refractivity contribution < 1.29 is 0 Å². The van der Waals surface area contributed by atoms with Gasteiger partial charge in [-0.05, 0) is 25.3 Å². The molecule has 0 aromatic carbocycles. The van der Waals surface area contributed by atoms with Crippen LogP contribution in [0.15, 0.2) is 23.2 Å². The number of hydrogen-bond acceptors (Lipinski definition) is 3. The quantitative estimate of drug-likeness (QED) is 0.712. The number of aromatic nitrogens is 3. The molecule has 15 heavy (non-hydrogen) atoms. The molecule has 0 spiro atoms. The van der Waals surface area contributed by atoms with E-state index < -0.39 is 0 Å². The number of allylic oxidation sites excluding steroid dienone is 2. The fourth-order valence-electron chi connectivity index (χ4n) is 1.72. The molecule has 0 amide bonds. The lowest BCUT2D eigenvalue weighted by atomic mass is 9.97. The molecular weight excluding hydrogens is 188 g/mol. The molecule has 4 heteroatoms. The molecule has 1 aromatic heterocycles. The third-order valence-corrected chi connectivity index (χ3v) is 2.45. The van der Waals surface area contributed by atoms with E-state index in [4.69, 9.17) is 0 Å². The summed E-state index contributed by atoms with van der Waals surface area (Å²) >= 11 is 0. The predicted octanol–water partition coefficient (Wildman–Crippen LogP) is 2.26. The molecule has 0 radical (unpaired) electrons. The van der Waals surface area contributed by atoms with Crippen LogP contribution in [0.2, 0.25) is 0 Å². The topological polar surface area (TPSA) is 43.1 Å². The highest BCUT2D eigenvalue weighted by atomic mass is 15.3. The van der Waals surface area contributed by atoms with Crippen molar-refractivity contribution in [1.82, 2.24) is 14.8 Å². The molecule has 0 aliphatic carbocycles. The Morgan fingerprint density at radius 1 is 1.33 bits per heavy atom. The Kier molecular flexibility index (Phi) is 3.77. The molecule has 0 atom stereocenters. The molecule has 0 fully saturated rings. The van der Waals surface area contributed by atoms with E-state index in [9.17, 15) is 0 Å². The zero-order chi connectivity index (χ0) is 11.4. The first-order chi connectivity index (χ1) is 7.07. The maximum Gasteiger partial charge on any atom is 0.138 e. The van der Waals surface area contributed by atoms with E-state index in [0.717, 1.165) is 11.4 Å². The van der Waals surface area contributed by atoms with Crippen molar-refractivity contribution in [2.75, 3.05) is 7.05 Å². The van der Waals surface area contributed by atoms with Crippen molar-refractivity contribution in [3.63, 3.8) is 0 Å². The molecule has 4 nitrogen and oxygen atoms in total. The minimum Gasteiger partial charge on any atom is -0.293 e. The summed E-state index contributed by atoms with van der Waals surface area (Å²) in [6.45, 7) is 8.38. The van der Waals surface area contributed by atoms with Gasteiger partial charge in [0.05, 0.1) is 0 Å². The summed E-state index contributed by atoms with van der Waals surface area (Å²) in [5, 5.41) is 4.13. The Morgan fingerprint density at radius 3 is 2.40 bits per heavy atom. The summed E-state index contributed by atoms with van der Waals surface area (Å²) < 4.78 is 1.78. The van der Waals surface area contributed by atoms with Gasteiger partial charge in [0.1, 0.15) is 12.7 Å². The van der Waals surface area contributed by atoms with Crippen LogP contribution in [0.5, 0.6) is 0 Å². The van der Waals surface area contributed by atoms with Gasteiger partial charge in [-0.15, -0.1) is 0 Å². The smallest absolute Gasteiger partial charge is 0.138 e. The van der Waals surface area contributed by atoms with Crippen LogP contribution in [0.25, 0.3) is 5.70 Å². The molecule has 0 saturated heterocycles. The van der Waals surface area contributed by atoms with Crippen LogP contribution < -0.4 is 0 Å². The molecular formula is C11H18N4. The van der Waals surface area contributed by atoms with E-state index in [0.29, 0.717) is 5.92 Å². The Balaban J connectivity index is 3.23. The fourth-order valence-corrected chi connectivity index (χ4v) is 1.72. The average molecular weight is 206 g/mol. The SMILES string of the molecule is CN=C(C)/C(=C(\C)n1cncn1)C(C)C. The second-order valence-electron chi connectivity index (χ2n) is 3.80. The summed E-state index contributed by atoms with van der Waals surface area (Å²) in [7, 11) is 1.81. The van der Waals surface area contributed by atoms with Gasteiger partial charge in [-0.3, -0.25) is 4.99 Å². The number of aliphatic imine (C=N–C) groups is 1. The lowest BCUT2D eigenvalue weighted by Gasteiger charge is -2.15. The summed E-state index contributed by atoms with van der Waals surface area (Å²) in [4.78, 5) is 8.19. The monoisotopic (exact) mass is 206 g/mol. The normalized spacial score (nSPS) is 14.4. The molecule has 1 aromatic rings. The standard InChI is InChI=1S/C11H18N4/c1-8(2)11(9(3)12-5)10(4)15-7-13-6-14-15/h6-8H,1-5H3/b11-10+,12-9?. The average Bonchev–Trinajstić information content (AvgIpc) is 2.69. The van der Waals surface area contributed by atoms with Gasteiger partial charge in [-0.2, -0.15) is 5.10 Å². The number of rotatable bonds is 3. The van der Waals surface area contributed by atoms with Crippen LogP contribution in [0.1, 0.15) is 27.7 Å². The van der Waals surface area contributed by atoms with Gasteiger partial charge in [0, 0.05) is 18.5 Å². The van der Waals surface area contributed by atoms with Crippen molar-refractivity contribution in [3.8, 4) is 0 Å². The van der Waals surface area contributed by atoms with Crippen molar-refractivity contribution in [1.29, 1.82) is 0 Å². The summed E-state index contributed by atoms with van der Waals surface area (Å²) in [5.74, 6) is 0.429. The van der Waals surface area contributed by atoms with Gasteiger partial charge in [-0.1, -0.05) is 13.8 Å². The minimum atomic E-state index is 0.429. The van der Waals surface area contributed by atoms with Crippen LogP contribution in [-0.2, 0) is 0 Å². The zero-order valence-electron chi connectivity index (χ0n) is 10.0. The number of hydrogen-bond donors (Lipinski definition) is 0. The Morgan fingerprint density at radius 2 is 2.00 bits per heavy atom. The maximum absolute atomic E-state index is 4.24. The van der Waals surface area contributed by atoms with Gasteiger partial charge in [0.15, 0.2) is 0 Å². The number of nitrogens with zero attached hydrogens (tertiary/aromatic N) is 4. The maximum atomic E-state index is 4.24. The van der Waals surface area contributed by atoms with E-state index in [2.05, 4.69) is 28.9 Å². The Hall–Kier alpha value is -1.45.